The maximum Gasteiger partial charge on any atom is 0.347 e. The van der Waals surface area contributed by atoms with Gasteiger partial charge in [0, 0.05) is 6.92 Å². The summed E-state index contributed by atoms with van der Waals surface area (Å²) < 4.78 is 0. The number of nitrogens with one attached hydrogen (secondary N) is 1. The molecule has 0 bridgehead atoms. The van der Waals surface area contributed by atoms with Crippen molar-refractivity contribution in [1.29, 1.82) is 0 Å². The van der Waals surface area contributed by atoms with Gasteiger partial charge in [0.05, 0.1) is 5.69 Å². The first-order valence-electron chi connectivity index (χ1n) is 4.43. The number of carboxylic acids is 1. The molecule has 6 heteroatoms. The summed E-state index contributed by atoms with van der Waals surface area (Å²) in [6.07, 6.45) is 0. The summed E-state index contributed by atoms with van der Waals surface area (Å²) >= 11 is 0.982. The van der Waals surface area contributed by atoms with Gasteiger partial charge in [-0.1, -0.05) is 25.2 Å². The van der Waals surface area contributed by atoms with Crippen molar-refractivity contribution >= 4 is 28.3 Å². The van der Waals surface area contributed by atoms with Crippen LogP contribution < -0.4 is 5.32 Å². The van der Waals surface area contributed by atoms with Crippen molar-refractivity contribution in [3.63, 3.8) is 0 Å². The molecule has 0 aliphatic carbocycles. The fourth-order valence-corrected chi connectivity index (χ4v) is 2.09. The second-order valence-corrected chi connectivity index (χ2v) is 4.37. The molecule has 1 rings (SSSR count). The number of hydrogen-bond donors (Lipinski definition) is 2. The first-order chi connectivity index (χ1) is 6.91. The van der Waals surface area contributed by atoms with Crippen LogP contribution in [0.3, 0.4) is 0 Å². The summed E-state index contributed by atoms with van der Waals surface area (Å²) in [4.78, 5) is 25.9. The molecule has 0 radical (unpaired) electrons. The van der Waals surface area contributed by atoms with Crippen molar-refractivity contribution in [2.45, 2.75) is 26.7 Å². The number of anilines is 1. The Morgan fingerprint density at radius 2 is 2.07 bits per heavy atom. The van der Waals surface area contributed by atoms with Gasteiger partial charge in [0.25, 0.3) is 0 Å². The summed E-state index contributed by atoms with van der Waals surface area (Å²) in [7, 11) is 0. The summed E-state index contributed by atoms with van der Waals surface area (Å²) in [5, 5.41) is 11.7. The highest BCUT2D eigenvalue weighted by Gasteiger charge is 2.19. The van der Waals surface area contributed by atoms with Gasteiger partial charge in [0.2, 0.25) is 5.91 Å². The molecule has 0 spiro atoms. The standard InChI is InChI=1S/C9H12N2O3S/c1-4(2)6-7(8(13)14)15-9(11-6)10-5(3)12/h4H,1-3H3,(H,13,14)(H,10,11,12). The summed E-state index contributed by atoms with van der Waals surface area (Å²) in [5.41, 5.74) is 0.510. The zero-order chi connectivity index (χ0) is 11.6. The number of hydrogen-bond acceptors (Lipinski definition) is 4. The van der Waals surface area contributed by atoms with Crippen molar-refractivity contribution < 1.29 is 14.7 Å². The third kappa shape index (κ3) is 2.76. The molecule has 1 heterocycles. The lowest BCUT2D eigenvalue weighted by Crippen LogP contribution is -2.05. The van der Waals surface area contributed by atoms with E-state index in [0.717, 1.165) is 11.3 Å². The Morgan fingerprint density at radius 1 is 1.47 bits per heavy atom. The zero-order valence-electron chi connectivity index (χ0n) is 8.70. The van der Waals surface area contributed by atoms with Crippen LogP contribution in [0.25, 0.3) is 0 Å². The minimum Gasteiger partial charge on any atom is -0.477 e. The Bertz CT molecular complexity index is 398. The van der Waals surface area contributed by atoms with Crippen LogP contribution in [0.2, 0.25) is 0 Å². The van der Waals surface area contributed by atoms with Gasteiger partial charge >= 0.3 is 5.97 Å². The number of carboxylic acid groups (broad SMARTS) is 1. The fraction of sp³-hybridized carbons (Fsp3) is 0.444. The maximum atomic E-state index is 10.9. The van der Waals surface area contributed by atoms with E-state index >= 15 is 0 Å². The van der Waals surface area contributed by atoms with E-state index in [0.29, 0.717) is 10.8 Å². The van der Waals surface area contributed by atoms with E-state index < -0.39 is 5.97 Å². The number of nitrogens with zero attached hydrogens (tertiary/aromatic N) is 1. The highest BCUT2D eigenvalue weighted by Crippen LogP contribution is 2.28. The number of carbonyl (C=O) groups excluding carboxylic acids is 1. The van der Waals surface area contributed by atoms with Gasteiger partial charge < -0.3 is 10.4 Å². The quantitative estimate of drug-likeness (QED) is 0.828. The van der Waals surface area contributed by atoms with Crippen LogP contribution in [0, 0.1) is 0 Å². The average Bonchev–Trinajstić information content (AvgIpc) is 2.46. The van der Waals surface area contributed by atoms with E-state index in [-0.39, 0.29) is 16.7 Å². The topological polar surface area (TPSA) is 79.3 Å². The number of rotatable bonds is 3. The van der Waals surface area contributed by atoms with Gasteiger partial charge in [-0.15, -0.1) is 0 Å². The average molecular weight is 228 g/mol. The number of carbonyl (C=O) groups is 2. The molecule has 2 N–H and O–H groups in total. The zero-order valence-corrected chi connectivity index (χ0v) is 9.51. The predicted molar refractivity (Wildman–Crippen MR) is 57.5 cm³/mol. The molecule has 0 atom stereocenters. The van der Waals surface area contributed by atoms with Crippen molar-refractivity contribution in [3.05, 3.63) is 10.6 Å². The van der Waals surface area contributed by atoms with E-state index in [9.17, 15) is 9.59 Å². The van der Waals surface area contributed by atoms with Crippen molar-refractivity contribution in [1.82, 2.24) is 4.98 Å². The van der Waals surface area contributed by atoms with Crippen LogP contribution in [-0.4, -0.2) is 22.0 Å². The largest absolute Gasteiger partial charge is 0.477 e. The SMILES string of the molecule is CC(=O)Nc1nc(C(C)C)c(C(=O)O)s1. The van der Waals surface area contributed by atoms with Gasteiger partial charge in [0.15, 0.2) is 5.13 Å². The molecule has 0 unspecified atom stereocenters. The maximum absolute atomic E-state index is 10.9. The Balaban J connectivity index is 3.09. The van der Waals surface area contributed by atoms with E-state index in [1.54, 1.807) is 0 Å². The summed E-state index contributed by atoms with van der Waals surface area (Å²) in [5.74, 6) is -1.24. The lowest BCUT2D eigenvalue weighted by molar-refractivity contribution is -0.114. The molecule has 0 aliphatic heterocycles. The Morgan fingerprint density at radius 3 is 2.40 bits per heavy atom. The van der Waals surface area contributed by atoms with Gasteiger partial charge in [-0.05, 0) is 5.92 Å². The Labute approximate surface area is 91.1 Å². The summed E-state index contributed by atoms with van der Waals surface area (Å²) in [6.45, 7) is 5.08. The van der Waals surface area contributed by atoms with E-state index in [1.807, 2.05) is 13.8 Å². The van der Waals surface area contributed by atoms with Crippen LogP contribution >= 0.6 is 11.3 Å². The normalized spacial score (nSPS) is 10.4. The monoisotopic (exact) mass is 228 g/mol. The molecule has 82 valence electrons. The van der Waals surface area contributed by atoms with Crippen LogP contribution in [0.5, 0.6) is 0 Å². The molecule has 0 aliphatic rings. The molecule has 15 heavy (non-hydrogen) atoms. The summed E-state index contributed by atoms with van der Waals surface area (Å²) in [6, 6.07) is 0. The van der Waals surface area contributed by atoms with Crippen LogP contribution in [0.15, 0.2) is 0 Å². The molecular formula is C9H12N2O3S. The van der Waals surface area contributed by atoms with Crippen molar-refractivity contribution in [3.8, 4) is 0 Å². The number of aromatic carboxylic acids is 1. The second-order valence-electron chi connectivity index (χ2n) is 3.37. The molecular weight excluding hydrogens is 216 g/mol. The molecule has 1 amide bonds. The third-order valence-electron chi connectivity index (χ3n) is 1.68. The molecule has 5 nitrogen and oxygen atoms in total. The highest BCUT2D eigenvalue weighted by molar-refractivity contribution is 7.17. The predicted octanol–water partition coefficient (Wildman–Crippen LogP) is 1.92. The van der Waals surface area contributed by atoms with Gasteiger partial charge in [-0.2, -0.15) is 0 Å². The Hall–Kier alpha value is -1.43. The third-order valence-corrected chi connectivity index (χ3v) is 2.65. The molecule has 0 saturated carbocycles. The van der Waals surface area contributed by atoms with Gasteiger partial charge in [-0.3, -0.25) is 4.79 Å². The molecule has 1 aromatic heterocycles. The van der Waals surface area contributed by atoms with E-state index in [2.05, 4.69) is 10.3 Å². The highest BCUT2D eigenvalue weighted by atomic mass is 32.1. The first kappa shape index (κ1) is 11.6. The fourth-order valence-electron chi connectivity index (χ4n) is 1.08. The van der Waals surface area contributed by atoms with E-state index in [4.69, 9.17) is 5.11 Å². The molecule has 1 aromatic rings. The Kier molecular flexibility index (Phi) is 3.41. The van der Waals surface area contributed by atoms with Crippen LogP contribution in [0.4, 0.5) is 5.13 Å². The number of thiazole rings is 1. The lowest BCUT2D eigenvalue weighted by atomic mass is 10.1. The second kappa shape index (κ2) is 4.39. The molecule has 0 saturated heterocycles. The van der Waals surface area contributed by atoms with Gasteiger partial charge in [0.1, 0.15) is 4.88 Å². The minimum atomic E-state index is -1.01. The lowest BCUT2D eigenvalue weighted by Gasteiger charge is -2.00. The van der Waals surface area contributed by atoms with Crippen LogP contribution in [0.1, 0.15) is 42.1 Å². The minimum absolute atomic E-state index is 0.0230. The molecule has 0 fully saturated rings. The van der Waals surface area contributed by atoms with Crippen molar-refractivity contribution in [2.24, 2.45) is 0 Å². The van der Waals surface area contributed by atoms with Gasteiger partial charge in [-0.25, -0.2) is 9.78 Å². The number of aromatic nitrogens is 1. The smallest absolute Gasteiger partial charge is 0.347 e. The van der Waals surface area contributed by atoms with E-state index in [1.165, 1.54) is 6.92 Å². The van der Waals surface area contributed by atoms with Crippen LogP contribution in [-0.2, 0) is 4.79 Å². The van der Waals surface area contributed by atoms with Crippen molar-refractivity contribution in [2.75, 3.05) is 5.32 Å². The first-order valence-corrected chi connectivity index (χ1v) is 5.25. The molecule has 0 aromatic carbocycles. The number of amides is 1.